The molecule has 0 bridgehead atoms. The Morgan fingerprint density at radius 3 is 3.00 bits per heavy atom. The molecule has 0 radical (unpaired) electrons. The van der Waals surface area contributed by atoms with Crippen LogP contribution in [0.25, 0.3) is 10.6 Å². The van der Waals surface area contributed by atoms with Gasteiger partial charge in [0.2, 0.25) is 0 Å². The number of halogens is 1. The molecule has 2 rings (SSSR count). The third kappa shape index (κ3) is 4.44. The van der Waals surface area contributed by atoms with Crippen molar-refractivity contribution < 1.29 is 4.42 Å². The Hall–Kier alpha value is -0.650. The van der Waals surface area contributed by atoms with Crippen LogP contribution in [0.1, 0.15) is 26.2 Å². The summed E-state index contributed by atoms with van der Waals surface area (Å²) in [4.78, 5) is 5.45. The van der Waals surface area contributed by atoms with Crippen molar-refractivity contribution in [2.75, 3.05) is 13.1 Å². The molecule has 3 nitrogen and oxygen atoms in total. The fraction of sp³-hybridized carbons (Fsp3) is 0.500. The maximum absolute atomic E-state index is 5.78. The van der Waals surface area contributed by atoms with Gasteiger partial charge < -0.3 is 9.73 Å². The maximum Gasteiger partial charge on any atom is 0.194 e. The van der Waals surface area contributed by atoms with Crippen LogP contribution >= 0.6 is 27.3 Å². The number of nitrogens with one attached hydrogen (secondary N) is 1. The molecule has 0 unspecified atom stereocenters. The Morgan fingerprint density at radius 1 is 1.47 bits per heavy atom. The van der Waals surface area contributed by atoms with E-state index in [1.54, 1.807) is 11.3 Å². The van der Waals surface area contributed by atoms with Gasteiger partial charge in [0.1, 0.15) is 0 Å². The highest BCUT2D eigenvalue weighted by atomic mass is 79.9. The average Bonchev–Trinajstić information content (AvgIpc) is 2.97. The van der Waals surface area contributed by atoms with Crippen LogP contribution in [0.5, 0.6) is 0 Å². The molecule has 0 atom stereocenters. The van der Waals surface area contributed by atoms with E-state index in [1.165, 1.54) is 0 Å². The van der Waals surface area contributed by atoms with Crippen molar-refractivity contribution in [2.45, 2.75) is 26.7 Å². The summed E-state index contributed by atoms with van der Waals surface area (Å²) >= 11 is 5.17. The molecule has 1 N–H and O–H groups in total. The molecule has 2 aromatic rings. The Bertz CT molecular complexity index is 507. The van der Waals surface area contributed by atoms with Crippen molar-refractivity contribution in [3.05, 3.63) is 28.0 Å². The number of oxazole rings is 1. The molecule has 0 aliphatic heterocycles. The highest BCUT2D eigenvalue weighted by Crippen LogP contribution is 2.33. The second-order valence-corrected chi connectivity index (χ2v) is 6.69. The van der Waals surface area contributed by atoms with E-state index in [4.69, 9.17) is 4.42 Å². The van der Waals surface area contributed by atoms with Gasteiger partial charge in [0, 0.05) is 10.9 Å². The standard InChI is InChI=1S/C14H19BrN2OS/c1-10(2)8-16-6-3-4-13-17-9-12(18-13)14-11(15)5-7-19-14/h5,7,9-10,16H,3-4,6,8H2,1-2H3. The Balaban J connectivity index is 1.80. The first-order valence-electron chi connectivity index (χ1n) is 6.55. The van der Waals surface area contributed by atoms with Crippen LogP contribution < -0.4 is 5.32 Å². The number of hydrogen-bond acceptors (Lipinski definition) is 4. The minimum atomic E-state index is 0.699. The van der Waals surface area contributed by atoms with Gasteiger partial charge in [0.15, 0.2) is 11.7 Å². The van der Waals surface area contributed by atoms with Gasteiger partial charge in [-0.1, -0.05) is 13.8 Å². The van der Waals surface area contributed by atoms with Gasteiger partial charge in [-0.2, -0.15) is 0 Å². The van der Waals surface area contributed by atoms with Gasteiger partial charge in [0.25, 0.3) is 0 Å². The second-order valence-electron chi connectivity index (χ2n) is 4.92. The summed E-state index contributed by atoms with van der Waals surface area (Å²) in [6.07, 6.45) is 3.75. The van der Waals surface area contributed by atoms with E-state index in [0.717, 1.165) is 46.9 Å². The zero-order valence-electron chi connectivity index (χ0n) is 11.3. The van der Waals surface area contributed by atoms with Crippen LogP contribution in [-0.4, -0.2) is 18.1 Å². The molecule has 0 aliphatic rings. The lowest BCUT2D eigenvalue weighted by atomic mass is 10.2. The van der Waals surface area contributed by atoms with Crippen LogP contribution in [-0.2, 0) is 6.42 Å². The van der Waals surface area contributed by atoms with E-state index in [-0.39, 0.29) is 0 Å². The number of aromatic nitrogens is 1. The first kappa shape index (κ1) is 14.8. The van der Waals surface area contributed by atoms with Crippen molar-refractivity contribution in [1.82, 2.24) is 10.3 Å². The summed E-state index contributed by atoms with van der Waals surface area (Å²) in [6.45, 7) is 6.51. The van der Waals surface area contributed by atoms with Gasteiger partial charge in [0.05, 0.1) is 11.1 Å². The van der Waals surface area contributed by atoms with Crippen molar-refractivity contribution in [3.63, 3.8) is 0 Å². The smallest absolute Gasteiger partial charge is 0.194 e. The predicted molar refractivity (Wildman–Crippen MR) is 83.5 cm³/mol. The van der Waals surface area contributed by atoms with Gasteiger partial charge in [-0.05, 0) is 52.8 Å². The van der Waals surface area contributed by atoms with E-state index in [2.05, 4.69) is 40.1 Å². The molecule has 0 spiro atoms. The van der Waals surface area contributed by atoms with E-state index in [1.807, 2.05) is 17.6 Å². The van der Waals surface area contributed by atoms with E-state index in [9.17, 15) is 0 Å². The normalized spacial score (nSPS) is 11.4. The van der Waals surface area contributed by atoms with E-state index in [0.29, 0.717) is 5.92 Å². The molecule has 0 fully saturated rings. The third-order valence-corrected chi connectivity index (χ3v) is 4.54. The summed E-state index contributed by atoms with van der Waals surface area (Å²) in [7, 11) is 0. The minimum Gasteiger partial charge on any atom is -0.440 e. The van der Waals surface area contributed by atoms with Crippen LogP contribution in [0.15, 0.2) is 26.5 Å². The van der Waals surface area contributed by atoms with E-state index < -0.39 is 0 Å². The second kappa shape index (κ2) is 7.22. The molecule has 19 heavy (non-hydrogen) atoms. The molecule has 0 amide bonds. The number of nitrogens with zero attached hydrogens (tertiary/aromatic N) is 1. The van der Waals surface area contributed by atoms with Gasteiger partial charge in [-0.3, -0.25) is 0 Å². The minimum absolute atomic E-state index is 0.699. The van der Waals surface area contributed by atoms with Crippen molar-refractivity contribution in [2.24, 2.45) is 5.92 Å². The van der Waals surface area contributed by atoms with Crippen LogP contribution in [0, 0.1) is 5.92 Å². The average molecular weight is 343 g/mol. The fourth-order valence-electron chi connectivity index (χ4n) is 1.76. The fourth-order valence-corrected chi connectivity index (χ4v) is 3.27. The quantitative estimate of drug-likeness (QED) is 0.760. The monoisotopic (exact) mass is 342 g/mol. The third-order valence-electron chi connectivity index (χ3n) is 2.69. The molecule has 0 saturated heterocycles. The molecular weight excluding hydrogens is 324 g/mol. The lowest BCUT2D eigenvalue weighted by molar-refractivity contribution is 0.484. The van der Waals surface area contributed by atoms with Crippen LogP contribution in [0.3, 0.4) is 0 Å². The molecule has 5 heteroatoms. The van der Waals surface area contributed by atoms with Crippen LogP contribution in [0.2, 0.25) is 0 Å². The molecular formula is C14H19BrN2OS. The summed E-state index contributed by atoms with van der Waals surface area (Å²) in [6, 6.07) is 2.03. The zero-order valence-corrected chi connectivity index (χ0v) is 13.7. The SMILES string of the molecule is CC(C)CNCCCc1ncc(-c2sccc2Br)o1. The molecule has 2 aromatic heterocycles. The Morgan fingerprint density at radius 2 is 2.32 bits per heavy atom. The highest BCUT2D eigenvalue weighted by molar-refractivity contribution is 9.10. The van der Waals surface area contributed by atoms with Gasteiger partial charge >= 0.3 is 0 Å². The van der Waals surface area contributed by atoms with E-state index >= 15 is 0 Å². The van der Waals surface area contributed by atoms with Crippen molar-refractivity contribution in [3.8, 4) is 10.6 Å². The van der Waals surface area contributed by atoms with Crippen molar-refractivity contribution in [1.29, 1.82) is 0 Å². The maximum atomic E-state index is 5.78. The largest absolute Gasteiger partial charge is 0.440 e. The molecule has 0 aliphatic carbocycles. The molecule has 104 valence electrons. The topological polar surface area (TPSA) is 38.1 Å². The lowest BCUT2D eigenvalue weighted by Crippen LogP contribution is -2.21. The summed E-state index contributed by atoms with van der Waals surface area (Å²) in [5.74, 6) is 2.37. The summed E-state index contributed by atoms with van der Waals surface area (Å²) in [5, 5.41) is 5.46. The first-order valence-corrected chi connectivity index (χ1v) is 8.23. The number of rotatable bonds is 7. The number of hydrogen-bond donors (Lipinski definition) is 1. The molecule has 0 saturated carbocycles. The summed E-state index contributed by atoms with van der Waals surface area (Å²) < 4.78 is 6.85. The summed E-state index contributed by atoms with van der Waals surface area (Å²) in [5.41, 5.74) is 0. The molecule has 2 heterocycles. The van der Waals surface area contributed by atoms with Crippen LogP contribution in [0.4, 0.5) is 0 Å². The van der Waals surface area contributed by atoms with Gasteiger partial charge in [-0.15, -0.1) is 11.3 Å². The predicted octanol–water partition coefficient (Wildman–Crippen LogP) is 4.34. The molecule has 0 aromatic carbocycles. The Kier molecular flexibility index (Phi) is 5.60. The highest BCUT2D eigenvalue weighted by Gasteiger charge is 2.10. The van der Waals surface area contributed by atoms with Gasteiger partial charge in [-0.25, -0.2) is 4.98 Å². The zero-order chi connectivity index (χ0) is 13.7. The number of aryl methyl sites for hydroxylation is 1. The van der Waals surface area contributed by atoms with Crippen molar-refractivity contribution >= 4 is 27.3 Å². The Labute approximate surface area is 126 Å². The number of thiophene rings is 1. The first-order chi connectivity index (χ1) is 9.16. The lowest BCUT2D eigenvalue weighted by Gasteiger charge is -2.05.